The van der Waals surface area contributed by atoms with Crippen LogP contribution in [-0.2, 0) is 6.42 Å². The molecule has 0 atom stereocenters. The van der Waals surface area contributed by atoms with Gasteiger partial charge < -0.3 is 4.74 Å². The van der Waals surface area contributed by atoms with E-state index >= 15 is 0 Å². The van der Waals surface area contributed by atoms with Crippen molar-refractivity contribution < 1.29 is 4.74 Å². The predicted molar refractivity (Wildman–Crippen MR) is 77.1 cm³/mol. The summed E-state index contributed by atoms with van der Waals surface area (Å²) < 4.78 is 5.60. The predicted octanol–water partition coefficient (Wildman–Crippen LogP) is 5.27. The number of hydrogen-bond donors (Lipinski definition) is 0. The topological polar surface area (TPSA) is 9.23 Å². The second-order valence-corrected chi connectivity index (χ2v) is 5.03. The van der Waals surface area contributed by atoms with Crippen molar-refractivity contribution in [3.63, 3.8) is 0 Å². The van der Waals surface area contributed by atoms with Crippen molar-refractivity contribution >= 4 is 34.8 Å². The molecule has 2 aromatic carbocycles. The second-order valence-electron chi connectivity index (χ2n) is 3.78. The Bertz CT molecular complexity index is 520. The summed E-state index contributed by atoms with van der Waals surface area (Å²) in [6, 6.07) is 13.0. The van der Waals surface area contributed by atoms with E-state index in [1.807, 2.05) is 24.3 Å². The van der Waals surface area contributed by atoms with Gasteiger partial charge in [-0.25, -0.2) is 0 Å². The molecule has 0 aliphatic carbocycles. The lowest BCUT2D eigenvalue weighted by Crippen LogP contribution is -2.02. The van der Waals surface area contributed by atoms with E-state index in [4.69, 9.17) is 39.5 Å². The summed E-state index contributed by atoms with van der Waals surface area (Å²) in [4.78, 5) is 0. The highest BCUT2D eigenvalue weighted by atomic mass is 35.5. The Morgan fingerprint density at radius 2 is 1.56 bits per heavy atom. The lowest BCUT2D eigenvalue weighted by molar-refractivity contribution is 0.322. The van der Waals surface area contributed by atoms with Crippen LogP contribution >= 0.6 is 34.8 Å². The van der Waals surface area contributed by atoms with Gasteiger partial charge in [-0.2, -0.15) is 0 Å². The molecule has 94 valence electrons. The van der Waals surface area contributed by atoms with Gasteiger partial charge in [0.05, 0.1) is 16.7 Å². The Labute approximate surface area is 121 Å². The molecule has 0 unspecified atom stereocenters. The van der Waals surface area contributed by atoms with Crippen molar-refractivity contribution in [1.29, 1.82) is 0 Å². The van der Waals surface area contributed by atoms with Gasteiger partial charge in [-0.05, 0) is 29.8 Å². The maximum atomic E-state index is 6.01. The van der Waals surface area contributed by atoms with E-state index < -0.39 is 0 Å². The first kappa shape index (κ1) is 13.5. The minimum absolute atomic E-state index is 0.504. The standard InChI is InChI=1S/C14H11Cl3O/c15-11-4-1-3-10(9-11)7-8-18-14-12(16)5-2-6-13(14)17/h1-6,9H,7-8H2. The average Bonchev–Trinajstić information content (AvgIpc) is 2.33. The van der Waals surface area contributed by atoms with Gasteiger partial charge in [0.2, 0.25) is 0 Å². The highest BCUT2D eigenvalue weighted by molar-refractivity contribution is 6.37. The van der Waals surface area contributed by atoms with Crippen LogP contribution in [0.4, 0.5) is 0 Å². The first-order chi connectivity index (χ1) is 8.66. The lowest BCUT2D eigenvalue weighted by atomic mass is 10.2. The summed E-state index contributed by atoms with van der Waals surface area (Å²) in [5, 5.41) is 1.77. The van der Waals surface area contributed by atoms with Gasteiger partial charge in [-0.3, -0.25) is 0 Å². The van der Waals surface area contributed by atoms with Gasteiger partial charge in [0, 0.05) is 11.4 Å². The molecule has 2 aromatic rings. The van der Waals surface area contributed by atoms with Crippen LogP contribution in [0.2, 0.25) is 15.1 Å². The summed E-state index contributed by atoms with van der Waals surface area (Å²) in [6.45, 7) is 0.504. The van der Waals surface area contributed by atoms with Gasteiger partial charge >= 0.3 is 0 Å². The molecule has 0 aromatic heterocycles. The first-order valence-corrected chi connectivity index (χ1v) is 6.61. The molecule has 2 rings (SSSR count). The van der Waals surface area contributed by atoms with Crippen molar-refractivity contribution in [2.24, 2.45) is 0 Å². The molecule has 0 saturated carbocycles. The van der Waals surface area contributed by atoms with Crippen molar-refractivity contribution in [1.82, 2.24) is 0 Å². The molecule has 1 nitrogen and oxygen atoms in total. The molecular weight excluding hydrogens is 291 g/mol. The number of ether oxygens (including phenoxy) is 1. The van der Waals surface area contributed by atoms with Crippen molar-refractivity contribution in [2.75, 3.05) is 6.61 Å². The lowest BCUT2D eigenvalue weighted by Gasteiger charge is -2.09. The van der Waals surface area contributed by atoms with E-state index in [9.17, 15) is 0 Å². The van der Waals surface area contributed by atoms with E-state index in [0.717, 1.165) is 17.0 Å². The molecule has 0 bridgehead atoms. The maximum absolute atomic E-state index is 6.01. The van der Waals surface area contributed by atoms with Crippen LogP contribution in [0.15, 0.2) is 42.5 Å². The third kappa shape index (κ3) is 3.55. The second kappa shape index (κ2) is 6.33. The summed E-state index contributed by atoms with van der Waals surface area (Å²) in [5.41, 5.74) is 1.12. The van der Waals surface area contributed by atoms with E-state index in [0.29, 0.717) is 22.4 Å². The molecule has 0 radical (unpaired) electrons. The molecule has 18 heavy (non-hydrogen) atoms. The Balaban J connectivity index is 1.97. The number of benzene rings is 2. The van der Waals surface area contributed by atoms with Crippen LogP contribution in [0.25, 0.3) is 0 Å². The highest BCUT2D eigenvalue weighted by Crippen LogP contribution is 2.32. The highest BCUT2D eigenvalue weighted by Gasteiger charge is 2.06. The number of para-hydroxylation sites is 1. The molecule has 0 amide bonds. The Hall–Kier alpha value is -0.890. The van der Waals surface area contributed by atoms with Crippen molar-refractivity contribution in [3.8, 4) is 5.75 Å². The Kier molecular flexibility index (Phi) is 4.76. The Morgan fingerprint density at radius 3 is 2.22 bits per heavy atom. The number of halogens is 3. The maximum Gasteiger partial charge on any atom is 0.156 e. The SMILES string of the molecule is Clc1cccc(CCOc2c(Cl)cccc2Cl)c1. The zero-order chi connectivity index (χ0) is 13.0. The fourth-order valence-corrected chi connectivity index (χ4v) is 2.30. The zero-order valence-corrected chi connectivity index (χ0v) is 11.8. The quantitative estimate of drug-likeness (QED) is 0.747. The first-order valence-electron chi connectivity index (χ1n) is 5.48. The molecule has 0 fully saturated rings. The van der Waals surface area contributed by atoms with E-state index in [2.05, 4.69) is 0 Å². The van der Waals surface area contributed by atoms with Gasteiger partial charge in [-0.1, -0.05) is 53.0 Å². The van der Waals surface area contributed by atoms with E-state index in [1.165, 1.54) is 0 Å². The molecular formula is C14H11Cl3O. The minimum atomic E-state index is 0.504. The molecule has 0 saturated heterocycles. The van der Waals surface area contributed by atoms with Crippen LogP contribution in [0, 0.1) is 0 Å². The molecule has 4 heteroatoms. The average molecular weight is 302 g/mol. The largest absolute Gasteiger partial charge is 0.490 e. The van der Waals surface area contributed by atoms with Crippen LogP contribution in [0.3, 0.4) is 0 Å². The third-order valence-electron chi connectivity index (χ3n) is 2.45. The van der Waals surface area contributed by atoms with Crippen LogP contribution in [-0.4, -0.2) is 6.61 Å². The number of hydrogen-bond acceptors (Lipinski definition) is 1. The van der Waals surface area contributed by atoms with Crippen LogP contribution < -0.4 is 4.74 Å². The molecule has 0 N–H and O–H groups in total. The minimum Gasteiger partial charge on any atom is -0.490 e. The smallest absolute Gasteiger partial charge is 0.156 e. The summed E-state index contributed by atoms with van der Waals surface area (Å²) in [7, 11) is 0. The normalized spacial score (nSPS) is 10.4. The monoisotopic (exact) mass is 300 g/mol. The molecule has 0 spiro atoms. The van der Waals surface area contributed by atoms with Gasteiger partial charge in [0.25, 0.3) is 0 Å². The van der Waals surface area contributed by atoms with E-state index in [-0.39, 0.29) is 0 Å². The van der Waals surface area contributed by atoms with Crippen molar-refractivity contribution in [2.45, 2.75) is 6.42 Å². The van der Waals surface area contributed by atoms with E-state index in [1.54, 1.807) is 18.2 Å². The van der Waals surface area contributed by atoms with Gasteiger partial charge in [-0.15, -0.1) is 0 Å². The van der Waals surface area contributed by atoms with Gasteiger partial charge in [0.15, 0.2) is 5.75 Å². The molecule has 0 aliphatic rings. The fourth-order valence-electron chi connectivity index (χ4n) is 1.58. The summed E-state index contributed by atoms with van der Waals surface area (Å²) >= 11 is 17.9. The third-order valence-corrected chi connectivity index (χ3v) is 3.28. The van der Waals surface area contributed by atoms with Gasteiger partial charge in [0.1, 0.15) is 0 Å². The fraction of sp³-hybridized carbons (Fsp3) is 0.143. The van der Waals surface area contributed by atoms with Crippen LogP contribution in [0.5, 0.6) is 5.75 Å². The zero-order valence-electron chi connectivity index (χ0n) is 9.50. The van der Waals surface area contributed by atoms with Crippen LogP contribution in [0.1, 0.15) is 5.56 Å². The number of rotatable bonds is 4. The molecule has 0 heterocycles. The Morgan fingerprint density at radius 1 is 0.889 bits per heavy atom. The van der Waals surface area contributed by atoms with Crippen molar-refractivity contribution in [3.05, 3.63) is 63.1 Å². The summed E-state index contributed by atoms with van der Waals surface area (Å²) in [5.74, 6) is 0.530. The molecule has 0 aliphatic heterocycles. The summed E-state index contributed by atoms with van der Waals surface area (Å²) in [6.07, 6.45) is 0.752.